The van der Waals surface area contributed by atoms with Gasteiger partial charge in [-0.15, -0.1) is 13.2 Å². The lowest BCUT2D eigenvalue weighted by Gasteiger charge is -2.18. The molecular weight excluding hydrogens is 300 g/mol. The maximum atomic E-state index is 11.8. The molecule has 24 heavy (non-hydrogen) atoms. The molecule has 0 atom stereocenters. The van der Waals surface area contributed by atoms with Gasteiger partial charge in [0, 0.05) is 36.7 Å². The lowest BCUT2D eigenvalue weighted by atomic mass is 10.1. The Labute approximate surface area is 143 Å². The lowest BCUT2D eigenvalue weighted by Crippen LogP contribution is -2.26. The van der Waals surface area contributed by atoms with Crippen LogP contribution in [0.5, 0.6) is 5.75 Å². The summed E-state index contributed by atoms with van der Waals surface area (Å²) in [6.45, 7) is 13.9. The average molecular weight is 326 g/mol. The maximum Gasteiger partial charge on any atom is 0.313 e. The summed E-state index contributed by atoms with van der Waals surface area (Å²) in [6.07, 6.45) is 6.74. The minimum Gasteiger partial charge on any atom is -0.426 e. The number of carbonyl (C=O) groups is 1. The van der Waals surface area contributed by atoms with E-state index in [4.69, 9.17) is 4.74 Å². The molecule has 1 aromatic carbocycles. The van der Waals surface area contributed by atoms with E-state index in [-0.39, 0.29) is 11.9 Å². The third-order valence-corrected chi connectivity index (χ3v) is 3.90. The molecule has 0 aliphatic carbocycles. The van der Waals surface area contributed by atoms with E-state index in [0.29, 0.717) is 5.75 Å². The van der Waals surface area contributed by atoms with Crippen molar-refractivity contribution < 1.29 is 9.53 Å². The molecule has 1 heterocycles. The highest BCUT2D eigenvalue weighted by molar-refractivity contribution is 5.85. The van der Waals surface area contributed by atoms with E-state index in [2.05, 4.69) is 23.0 Å². The number of hydrogen-bond acceptors (Lipinski definition) is 3. The SMILES string of the molecule is C=CCN(CC=C)CCc1c[nH]c2ccc(OC(=O)C(C)C)cc12. The van der Waals surface area contributed by atoms with Crippen molar-refractivity contribution in [1.29, 1.82) is 0 Å². The third kappa shape index (κ3) is 4.59. The van der Waals surface area contributed by atoms with E-state index >= 15 is 0 Å². The number of aromatic nitrogens is 1. The van der Waals surface area contributed by atoms with Gasteiger partial charge in [0.15, 0.2) is 0 Å². The van der Waals surface area contributed by atoms with Gasteiger partial charge < -0.3 is 9.72 Å². The fourth-order valence-corrected chi connectivity index (χ4v) is 2.56. The molecule has 0 saturated heterocycles. The number of esters is 1. The first-order valence-electron chi connectivity index (χ1n) is 8.31. The average Bonchev–Trinajstić information content (AvgIpc) is 2.95. The summed E-state index contributed by atoms with van der Waals surface area (Å²) in [4.78, 5) is 17.3. The Morgan fingerprint density at radius 2 is 2.00 bits per heavy atom. The van der Waals surface area contributed by atoms with Gasteiger partial charge in [0.2, 0.25) is 0 Å². The first-order valence-corrected chi connectivity index (χ1v) is 8.31. The maximum absolute atomic E-state index is 11.8. The summed E-state index contributed by atoms with van der Waals surface area (Å²) >= 11 is 0. The molecule has 1 aromatic heterocycles. The second-order valence-corrected chi connectivity index (χ2v) is 6.18. The first kappa shape index (κ1) is 18.0. The zero-order chi connectivity index (χ0) is 17.5. The monoisotopic (exact) mass is 326 g/mol. The van der Waals surface area contributed by atoms with Crippen molar-refractivity contribution >= 4 is 16.9 Å². The van der Waals surface area contributed by atoms with Crippen molar-refractivity contribution in [2.75, 3.05) is 19.6 Å². The van der Waals surface area contributed by atoms with E-state index in [0.717, 1.165) is 37.0 Å². The van der Waals surface area contributed by atoms with Gasteiger partial charge in [-0.2, -0.15) is 0 Å². The Hall–Kier alpha value is -2.33. The second-order valence-electron chi connectivity index (χ2n) is 6.18. The molecule has 4 heteroatoms. The standard InChI is InChI=1S/C20H26N2O2/c1-5-10-22(11-6-2)12-9-16-14-21-19-8-7-17(13-18(16)19)24-20(23)15(3)4/h5-8,13-15,21H,1-2,9-12H2,3-4H3. The molecule has 4 nitrogen and oxygen atoms in total. The molecule has 0 spiro atoms. The normalized spacial score (nSPS) is 11.2. The topological polar surface area (TPSA) is 45.3 Å². The molecule has 0 fully saturated rings. The number of hydrogen-bond donors (Lipinski definition) is 1. The molecular formula is C20H26N2O2. The van der Waals surface area contributed by atoms with Gasteiger partial charge in [-0.1, -0.05) is 26.0 Å². The van der Waals surface area contributed by atoms with Crippen LogP contribution in [-0.4, -0.2) is 35.5 Å². The summed E-state index contributed by atoms with van der Waals surface area (Å²) in [5.74, 6) is 0.239. The van der Waals surface area contributed by atoms with Gasteiger partial charge in [0.1, 0.15) is 5.75 Å². The molecule has 2 aromatic rings. The van der Waals surface area contributed by atoms with Crippen molar-refractivity contribution in [2.45, 2.75) is 20.3 Å². The second kappa shape index (κ2) is 8.50. The van der Waals surface area contributed by atoms with Crippen molar-refractivity contribution in [2.24, 2.45) is 5.92 Å². The number of carbonyl (C=O) groups excluding carboxylic acids is 1. The summed E-state index contributed by atoms with van der Waals surface area (Å²) in [5, 5.41) is 1.10. The molecule has 128 valence electrons. The molecule has 0 radical (unpaired) electrons. The minimum atomic E-state index is -0.213. The molecule has 2 rings (SSSR count). The van der Waals surface area contributed by atoms with Crippen LogP contribution >= 0.6 is 0 Å². The predicted molar refractivity (Wildman–Crippen MR) is 99.3 cm³/mol. The molecule has 0 bridgehead atoms. The number of ether oxygens (including phenoxy) is 1. The fourth-order valence-electron chi connectivity index (χ4n) is 2.56. The van der Waals surface area contributed by atoms with Gasteiger partial charge in [-0.3, -0.25) is 9.69 Å². The van der Waals surface area contributed by atoms with Gasteiger partial charge in [-0.05, 0) is 30.2 Å². The Balaban J connectivity index is 2.14. The Bertz CT molecular complexity index is 705. The van der Waals surface area contributed by atoms with Crippen molar-refractivity contribution in [3.8, 4) is 5.75 Å². The van der Waals surface area contributed by atoms with Gasteiger partial charge >= 0.3 is 5.97 Å². The first-order chi connectivity index (χ1) is 11.5. The van der Waals surface area contributed by atoms with Gasteiger partial charge in [-0.25, -0.2) is 0 Å². The number of aromatic amines is 1. The van der Waals surface area contributed by atoms with Crippen LogP contribution in [0.2, 0.25) is 0 Å². The van der Waals surface area contributed by atoms with E-state index in [9.17, 15) is 4.79 Å². The van der Waals surface area contributed by atoms with Gasteiger partial charge in [0.25, 0.3) is 0 Å². The van der Waals surface area contributed by atoms with Gasteiger partial charge in [0.05, 0.1) is 5.92 Å². The highest BCUT2D eigenvalue weighted by Crippen LogP contribution is 2.25. The highest BCUT2D eigenvalue weighted by atomic mass is 16.5. The number of benzene rings is 1. The zero-order valence-corrected chi connectivity index (χ0v) is 14.5. The quantitative estimate of drug-likeness (QED) is 0.431. The Kier molecular flexibility index (Phi) is 6.38. The Morgan fingerprint density at radius 3 is 2.62 bits per heavy atom. The van der Waals surface area contributed by atoms with Crippen LogP contribution in [0.1, 0.15) is 19.4 Å². The molecule has 1 N–H and O–H groups in total. The molecule has 0 unspecified atom stereocenters. The lowest BCUT2D eigenvalue weighted by molar-refractivity contribution is -0.137. The van der Waals surface area contributed by atoms with Crippen LogP contribution in [0.4, 0.5) is 0 Å². The molecule has 0 saturated carbocycles. The molecule has 0 aliphatic rings. The molecule has 0 aliphatic heterocycles. The fraction of sp³-hybridized carbons (Fsp3) is 0.350. The van der Waals surface area contributed by atoms with Crippen molar-refractivity contribution in [1.82, 2.24) is 9.88 Å². The minimum absolute atomic E-state index is 0.141. The number of nitrogens with one attached hydrogen (secondary N) is 1. The predicted octanol–water partition coefficient (Wildman–Crippen LogP) is 3.95. The summed E-state index contributed by atoms with van der Waals surface area (Å²) in [7, 11) is 0. The van der Waals surface area contributed by atoms with Crippen molar-refractivity contribution in [3.05, 3.63) is 55.3 Å². The van der Waals surface area contributed by atoms with Crippen LogP contribution in [0, 0.1) is 5.92 Å². The number of fused-ring (bicyclic) bond motifs is 1. The summed E-state index contributed by atoms with van der Waals surface area (Å²) < 4.78 is 5.42. The van der Waals surface area contributed by atoms with Crippen LogP contribution in [0.15, 0.2) is 49.7 Å². The smallest absolute Gasteiger partial charge is 0.313 e. The summed E-state index contributed by atoms with van der Waals surface area (Å²) in [5.41, 5.74) is 2.26. The number of nitrogens with zero attached hydrogens (tertiary/aromatic N) is 1. The van der Waals surface area contributed by atoms with Crippen LogP contribution in [0.25, 0.3) is 10.9 Å². The van der Waals surface area contributed by atoms with Crippen LogP contribution < -0.4 is 4.74 Å². The van der Waals surface area contributed by atoms with Crippen LogP contribution in [-0.2, 0) is 11.2 Å². The molecule has 0 amide bonds. The zero-order valence-electron chi connectivity index (χ0n) is 14.5. The van der Waals surface area contributed by atoms with Crippen LogP contribution in [0.3, 0.4) is 0 Å². The van der Waals surface area contributed by atoms with E-state index in [1.165, 1.54) is 5.56 Å². The summed E-state index contributed by atoms with van der Waals surface area (Å²) in [6, 6.07) is 5.71. The van der Waals surface area contributed by atoms with E-state index < -0.39 is 0 Å². The number of H-pyrrole nitrogens is 1. The third-order valence-electron chi connectivity index (χ3n) is 3.90. The number of rotatable bonds is 9. The largest absolute Gasteiger partial charge is 0.426 e. The van der Waals surface area contributed by atoms with E-state index in [1.54, 1.807) is 0 Å². The Morgan fingerprint density at radius 1 is 1.29 bits per heavy atom. The highest BCUT2D eigenvalue weighted by Gasteiger charge is 2.12. The van der Waals surface area contributed by atoms with Crippen molar-refractivity contribution in [3.63, 3.8) is 0 Å². The van der Waals surface area contributed by atoms with E-state index in [1.807, 2.05) is 50.4 Å².